The molecule has 0 amide bonds. The van der Waals surface area contributed by atoms with Gasteiger partial charge in [0.1, 0.15) is 0 Å². The molecule has 3 heterocycles. The number of ether oxygens (including phenoxy) is 1. The maximum Gasteiger partial charge on any atom is 0.331 e. The van der Waals surface area contributed by atoms with Crippen molar-refractivity contribution in [3.05, 3.63) is 11.6 Å². The molecular formula is C18H28N2O2S. The zero-order chi connectivity index (χ0) is 16.0. The van der Waals surface area contributed by atoms with Crippen LogP contribution < -0.4 is 5.32 Å². The van der Waals surface area contributed by atoms with Crippen molar-refractivity contribution in [1.29, 1.82) is 0 Å². The topological polar surface area (TPSA) is 41.6 Å². The van der Waals surface area contributed by atoms with Crippen LogP contribution in [0.1, 0.15) is 46.0 Å². The van der Waals surface area contributed by atoms with Crippen LogP contribution in [-0.4, -0.2) is 58.7 Å². The van der Waals surface area contributed by atoms with Crippen molar-refractivity contribution in [2.75, 3.05) is 18.8 Å². The number of carbonyl (C=O) groups is 1. The van der Waals surface area contributed by atoms with Crippen molar-refractivity contribution < 1.29 is 9.53 Å². The minimum atomic E-state index is -0.255. The van der Waals surface area contributed by atoms with Gasteiger partial charge in [-0.05, 0) is 31.4 Å². The number of hydrogen-bond donors (Lipinski definition) is 1. The Kier molecular flexibility index (Phi) is 4.23. The van der Waals surface area contributed by atoms with Crippen LogP contribution in [0.2, 0.25) is 0 Å². The lowest BCUT2D eigenvalue weighted by atomic mass is 9.77. The summed E-state index contributed by atoms with van der Waals surface area (Å²) in [5.41, 5.74) is 1.04. The van der Waals surface area contributed by atoms with E-state index in [0.717, 1.165) is 25.1 Å². The lowest BCUT2D eigenvalue weighted by Gasteiger charge is -2.38. The molecule has 128 valence electrons. The van der Waals surface area contributed by atoms with Gasteiger partial charge in [0.25, 0.3) is 0 Å². The van der Waals surface area contributed by atoms with E-state index in [0.29, 0.717) is 23.4 Å². The van der Waals surface area contributed by atoms with E-state index in [9.17, 15) is 4.79 Å². The Morgan fingerprint density at radius 3 is 3.17 bits per heavy atom. The summed E-state index contributed by atoms with van der Waals surface area (Å²) < 4.78 is 5.92. The van der Waals surface area contributed by atoms with E-state index in [4.69, 9.17) is 4.74 Å². The summed E-state index contributed by atoms with van der Waals surface area (Å²) in [6.45, 7) is 6.64. The van der Waals surface area contributed by atoms with Gasteiger partial charge in [-0.15, -0.1) is 0 Å². The Labute approximate surface area is 143 Å². The minimum absolute atomic E-state index is 0.0988. The fourth-order valence-corrected chi connectivity index (χ4v) is 6.38. The summed E-state index contributed by atoms with van der Waals surface area (Å²) in [7, 11) is 0. The van der Waals surface area contributed by atoms with Gasteiger partial charge in [-0.25, -0.2) is 4.79 Å². The lowest BCUT2D eigenvalue weighted by Crippen LogP contribution is -2.48. The molecule has 1 aliphatic carbocycles. The van der Waals surface area contributed by atoms with Gasteiger partial charge >= 0.3 is 5.97 Å². The molecular weight excluding hydrogens is 308 g/mol. The first-order chi connectivity index (χ1) is 11.1. The number of carbonyl (C=O) groups excluding carboxylic acids is 1. The van der Waals surface area contributed by atoms with Crippen molar-refractivity contribution in [2.45, 2.75) is 74.9 Å². The Hall–Kier alpha value is -0.520. The predicted octanol–water partition coefficient (Wildman–Crippen LogP) is 2.34. The van der Waals surface area contributed by atoms with E-state index in [-0.39, 0.29) is 11.6 Å². The molecule has 1 saturated carbocycles. The van der Waals surface area contributed by atoms with Crippen molar-refractivity contribution in [1.82, 2.24) is 10.2 Å². The van der Waals surface area contributed by atoms with Crippen LogP contribution >= 0.6 is 11.8 Å². The standard InChI is InChI=1S/C18H28N2O2S/c1-12(2)19-6-8-23-15-9-13-10-17(21)22-18(13)11-14(15)20-7-4-3-5-16(18)20/h10,12,14-16,19H,3-9,11H2,1-2H3/t14-,15?,16+,18-/m0/s1. The molecule has 0 aromatic heterocycles. The van der Waals surface area contributed by atoms with E-state index in [2.05, 4.69) is 35.8 Å². The highest BCUT2D eigenvalue weighted by atomic mass is 32.2. The van der Waals surface area contributed by atoms with Gasteiger partial charge in [-0.2, -0.15) is 11.8 Å². The second kappa shape index (κ2) is 6.08. The number of piperidine rings is 1. The molecule has 2 bridgehead atoms. The SMILES string of the molecule is CC(C)NCCSC1CC2=CC(=O)O[C@@]23C[C@@H]1N1CCCC[C@@H]13. The number of nitrogens with one attached hydrogen (secondary N) is 1. The van der Waals surface area contributed by atoms with Crippen LogP contribution in [0.15, 0.2) is 11.6 Å². The first-order valence-electron chi connectivity index (χ1n) is 9.15. The van der Waals surface area contributed by atoms with Crippen LogP contribution in [0.3, 0.4) is 0 Å². The average molecular weight is 337 g/mol. The largest absolute Gasteiger partial charge is 0.450 e. The fourth-order valence-electron chi connectivity index (χ4n) is 5.07. The van der Waals surface area contributed by atoms with E-state index in [1.54, 1.807) is 0 Å². The predicted molar refractivity (Wildman–Crippen MR) is 93.7 cm³/mol. The Bertz CT molecular complexity index is 521. The second-order valence-electron chi connectivity index (χ2n) is 7.72. The Morgan fingerprint density at radius 2 is 2.35 bits per heavy atom. The summed E-state index contributed by atoms with van der Waals surface area (Å²) in [4.78, 5) is 14.7. The normalized spacial score (nSPS) is 39.2. The summed E-state index contributed by atoms with van der Waals surface area (Å²) in [5.74, 6) is 1.05. The third kappa shape index (κ3) is 2.65. The molecule has 5 heteroatoms. The molecule has 23 heavy (non-hydrogen) atoms. The molecule has 0 radical (unpaired) electrons. The van der Waals surface area contributed by atoms with Gasteiger partial charge in [0.15, 0.2) is 5.60 Å². The molecule has 0 aromatic carbocycles. The minimum Gasteiger partial charge on any atom is -0.450 e. The van der Waals surface area contributed by atoms with Crippen molar-refractivity contribution in [3.8, 4) is 0 Å². The summed E-state index contributed by atoms with van der Waals surface area (Å²) in [5, 5.41) is 4.12. The first-order valence-corrected chi connectivity index (χ1v) is 10.2. The number of esters is 1. The zero-order valence-electron chi connectivity index (χ0n) is 14.2. The molecule has 4 atom stereocenters. The van der Waals surface area contributed by atoms with Crippen molar-refractivity contribution >= 4 is 17.7 Å². The molecule has 1 N–H and O–H groups in total. The Morgan fingerprint density at radius 1 is 1.48 bits per heavy atom. The van der Waals surface area contributed by atoms with E-state index < -0.39 is 0 Å². The smallest absolute Gasteiger partial charge is 0.331 e. The molecule has 1 spiro atoms. The molecule has 3 aliphatic heterocycles. The Balaban J connectivity index is 1.50. The maximum absolute atomic E-state index is 12.0. The quantitative estimate of drug-likeness (QED) is 0.616. The van der Waals surface area contributed by atoms with Crippen molar-refractivity contribution in [3.63, 3.8) is 0 Å². The van der Waals surface area contributed by atoms with E-state index in [1.807, 2.05) is 6.08 Å². The van der Waals surface area contributed by atoms with Gasteiger partial charge in [0, 0.05) is 42.1 Å². The fraction of sp³-hybridized carbons (Fsp3) is 0.833. The molecule has 1 unspecified atom stereocenters. The first kappa shape index (κ1) is 16.0. The van der Waals surface area contributed by atoms with Crippen molar-refractivity contribution in [2.24, 2.45) is 0 Å². The summed E-state index contributed by atoms with van der Waals surface area (Å²) in [6.07, 6.45) is 7.64. The summed E-state index contributed by atoms with van der Waals surface area (Å²) in [6, 6.07) is 1.59. The zero-order valence-corrected chi connectivity index (χ0v) is 15.0. The third-order valence-electron chi connectivity index (χ3n) is 5.98. The maximum atomic E-state index is 12.0. The van der Waals surface area contributed by atoms with Crippen LogP contribution in [0.5, 0.6) is 0 Å². The number of nitrogens with zero attached hydrogens (tertiary/aromatic N) is 1. The van der Waals surface area contributed by atoms with Crippen LogP contribution in [0.4, 0.5) is 0 Å². The summed E-state index contributed by atoms with van der Waals surface area (Å²) >= 11 is 2.09. The average Bonchev–Trinajstić information content (AvgIpc) is 3.00. The highest BCUT2D eigenvalue weighted by molar-refractivity contribution is 8.00. The molecule has 2 saturated heterocycles. The van der Waals surface area contributed by atoms with Crippen LogP contribution in [0, 0.1) is 0 Å². The lowest BCUT2D eigenvalue weighted by molar-refractivity contribution is -0.148. The van der Waals surface area contributed by atoms with Crippen LogP contribution in [-0.2, 0) is 9.53 Å². The monoisotopic (exact) mass is 336 g/mol. The number of thioether (sulfide) groups is 1. The van der Waals surface area contributed by atoms with Gasteiger partial charge in [0.05, 0.1) is 6.04 Å². The molecule has 0 aromatic rings. The van der Waals surface area contributed by atoms with E-state index >= 15 is 0 Å². The number of hydrogen-bond acceptors (Lipinski definition) is 5. The number of fused-ring (bicyclic) bond motifs is 3. The van der Waals surface area contributed by atoms with Gasteiger partial charge in [-0.3, -0.25) is 4.90 Å². The second-order valence-corrected chi connectivity index (χ2v) is 9.07. The third-order valence-corrected chi connectivity index (χ3v) is 7.32. The molecule has 4 nitrogen and oxygen atoms in total. The molecule has 3 fully saturated rings. The van der Waals surface area contributed by atoms with Crippen LogP contribution in [0.25, 0.3) is 0 Å². The van der Waals surface area contributed by atoms with E-state index in [1.165, 1.54) is 31.4 Å². The highest BCUT2D eigenvalue weighted by Gasteiger charge is 2.63. The van der Waals surface area contributed by atoms with Gasteiger partial charge in [0.2, 0.25) is 0 Å². The van der Waals surface area contributed by atoms with Gasteiger partial charge in [-0.1, -0.05) is 20.3 Å². The molecule has 4 aliphatic rings. The highest BCUT2D eigenvalue weighted by Crippen LogP contribution is 2.55. The van der Waals surface area contributed by atoms with Gasteiger partial charge < -0.3 is 10.1 Å². The number of rotatable bonds is 5. The molecule has 4 rings (SSSR count).